The Bertz CT molecular complexity index is 764. The minimum atomic E-state index is -0.0187. The molecule has 1 saturated carbocycles. The van der Waals surface area contributed by atoms with Gasteiger partial charge in [-0.3, -0.25) is 4.72 Å². The van der Waals surface area contributed by atoms with Crippen molar-refractivity contribution in [3.8, 4) is 0 Å². The lowest BCUT2D eigenvalue weighted by molar-refractivity contribution is 0.271. The van der Waals surface area contributed by atoms with Crippen LogP contribution in [-0.2, 0) is 11.8 Å². The maximum absolute atomic E-state index is 15.3. The Labute approximate surface area is 188 Å². The Morgan fingerprint density at radius 1 is 1.03 bits per heavy atom. The second kappa shape index (κ2) is 11.3. The van der Waals surface area contributed by atoms with Crippen molar-refractivity contribution < 1.29 is 4.39 Å². The van der Waals surface area contributed by atoms with Crippen molar-refractivity contribution in [1.29, 1.82) is 0 Å². The van der Waals surface area contributed by atoms with Crippen LogP contribution >= 0.6 is 12.8 Å². The van der Waals surface area contributed by atoms with Gasteiger partial charge in [0.15, 0.2) is 0 Å². The smallest absolute Gasteiger partial charge is 0.126 e. The molecule has 1 N–H and O–H groups in total. The van der Waals surface area contributed by atoms with E-state index in [1.807, 2.05) is 12.1 Å². The summed E-state index contributed by atoms with van der Waals surface area (Å²) in [5.74, 6) is 0.296. The van der Waals surface area contributed by atoms with E-state index < -0.39 is 0 Å². The highest BCUT2D eigenvalue weighted by molar-refractivity contribution is 7.78. The van der Waals surface area contributed by atoms with E-state index in [2.05, 4.69) is 67.8 Å². The summed E-state index contributed by atoms with van der Waals surface area (Å²) in [4.78, 5) is 0. The van der Waals surface area contributed by atoms with Gasteiger partial charge in [0, 0.05) is 6.04 Å². The molecule has 1 nitrogen and oxygen atoms in total. The number of nitrogens with one attached hydrogen (secondary N) is 1. The van der Waals surface area contributed by atoms with E-state index in [4.69, 9.17) is 0 Å². The molecule has 0 spiro atoms. The maximum atomic E-state index is 15.3. The topological polar surface area (TPSA) is 12.0 Å². The van der Waals surface area contributed by atoms with Gasteiger partial charge in [-0.1, -0.05) is 87.9 Å². The van der Waals surface area contributed by atoms with Crippen LogP contribution in [0.5, 0.6) is 0 Å². The predicted octanol–water partition coefficient (Wildman–Crippen LogP) is 7.76. The molecule has 0 aromatic heterocycles. The molecule has 1 aliphatic rings. The zero-order valence-corrected chi connectivity index (χ0v) is 19.6. The van der Waals surface area contributed by atoms with Crippen LogP contribution in [0.25, 0.3) is 0 Å². The molecule has 0 radical (unpaired) electrons. The Morgan fingerprint density at radius 2 is 1.77 bits per heavy atom. The van der Waals surface area contributed by atoms with Crippen molar-refractivity contribution in [1.82, 2.24) is 4.72 Å². The molecule has 0 bridgehead atoms. The van der Waals surface area contributed by atoms with Crippen LogP contribution in [0.3, 0.4) is 0 Å². The Morgan fingerprint density at radius 3 is 2.40 bits per heavy atom. The van der Waals surface area contributed by atoms with Gasteiger partial charge >= 0.3 is 0 Å². The molecule has 0 saturated heterocycles. The fraction of sp³-hybridized carbons (Fsp3) is 0.556. The average molecular weight is 428 g/mol. The number of rotatable bonds is 10. The van der Waals surface area contributed by atoms with Gasteiger partial charge in [-0.15, -0.1) is 0 Å². The Balaban J connectivity index is 1.81. The summed E-state index contributed by atoms with van der Waals surface area (Å²) in [6.07, 6.45) is 11.4. The average Bonchev–Trinajstić information content (AvgIpc) is 2.78. The molecule has 2 aromatic carbocycles. The first-order valence-corrected chi connectivity index (χ1v) is 12.3. The van der Waals surface area contributed by atoms with E-state index in [1.165, 1.54) is 49.7 Å². The van der Waals surface area contributed by atoms with Crippen LogP contribution < -0.4 is 4.72 Å². The van der Waals surface area contributed by atoms with Crippen molar-refractivity contribution >= 4 is 12.8 Å². The van der Waals surface area contributed by atoms with E-state index >= 15 is 4.39 Å². The van der Waals surface area contributed by atoms with Crippen LogP contribution in [0.1, 0.15) is 94.2 Å². The fourth-order valence-corrected chi connectivity index (χ4v) is 5.45. The maximum Gasteiger partial charge on any atom is 0.126 e. The first kappa shape index (κ1) is 23.3. The number of benzene rings is 2. The summed E-state index contributed by atoms with van der Waals surface area (Å²) in [5.41, 5.74) is 3.57. The molecule has 0 amide bonds. The third-order valence-corrected chi connectivity index (χ3v) is 7.55. The SMILES string of the molecule is CCCC1(c2ccc(CC(CC[C@H](C)NS)c3ccccc3)c(F)c2)CCCCC1. The molecular formula is C27H38FNS. The lowest BCUT2D eigenvalue weighted by Gasteiger charge is -2.38. The van der Waals surface area contributed by atoms with Crippen molar-refractivity contribution in [2.24, 2.45) is 0 Å². The molecule has 3 rings (SSSR count). The number of hydrogen-bond donors (Lipinski definition) is 2. The number of halogens is 1. The molecule has 30 heavy (non-hydrogen) atoms. The van der Waals surface area contributed by atoms with Gasteiger partial charge in [0.05, 0.1) is 0 Å². The summed E-state index contributed by atoms with van der Waals surface area (Å²) < 4.78 is 18.4. The minimum Gasteiger partial charge on any atom is -0.264 e. The van der Waals surface area contributed by atoms with Gasteiger partial charge in [-0.05, 0) is 79.5 Å². The highest BCUT2D eigenvalue weighted by Crippen LogP contribution is 2.43. The highest BCUT2D eigenvalue weighted by Gasteiger charge is 2.33. The summed E-state index contributed by atoms with van der Waals surface area (Å²) in [5, 5.41) is 0. The summed E-state index contributed by atoms with van der Waals surface area (Å²) in [6.45, 7) is 4.40. The molecule has 1 fully saturated rings. The Hall–Kier alpha value is -1.32. The number of thiol groups is 1. The summed E-state index contributed by atoms with van der Waals surface area (Å²) in [6, 6.07) is 17.1. The predicted molar refractivity (Wildman–Crippen MR) is 130 cm³/mol. The summed E-state index contributed by atoms with van der Waals surface area (Å²) in [7, 11) is 0. The lowest BCUT2D eigenvalue weighted by Crippen LogP contribution is -2.29. The van der Waals surface area contributed by atoms with Gasteiger partial charge in [0.25, 0.3) is 0 Å². The summed E-state index contributed by atoms with van der Waals surface area (Å²) >= 11 is 4.20. The van der Waals surface area contributed by atoms with Crippen LogP contribution in [0.2, 0.25) is 0 Å². The molecule has 2 aromatic rings. The van der Waals surface area contributed by atoms with Gasteiger partial charge in [-0.2, -0.15) is 0 Å². The van der Waals surface area contributed by atoms with Gasteiger partial charge in [0.2, 0.25) is 0 Å². The fourth-order valence-electron chi connectivity index (χ4n) is 5.33. The van der Waals surface area contributed by atoms with Crippen molar-refractivity contribution in [2.45, 2.75) is 95.4 Å². The zero-order chi connectivity index (χ0) is 21.4. The molecule has 0 aliphatic heterocycles. The van der Waals surface area contributed by atoms with E-state index in [1.54, 1.807) is 0 Å². The first-order chi connectivity index (χ1) is 14.6. The highest BCUT2D eigenvalue weighted by atomic mass is 32.1. The van der Waals surface area contributed by atoms with E-state index in [9.17, 15) is 0 Å². The van der Waals surface area contributed by atoms with Crippen LogP contribution in [0, 0.1) is 5.82 Å². The van der Waals surface area contributed by atoms with Gasteiger partial charge < -0.3 is 0 Å². The molecule has 2 atom stereocenters. The Kier molecular flexibility index (Phi) is 8.83. The second-order valence-corrected chi connectivity index (χ2v) is 9.57. The first-order valence-electron chi connectivity index (χ1n) is 11.8. The standard InChI is InChI=1S/C27H38FNS/c1-3-16-27(17-8-5-9-18-27)25-15-14-24(26(28)20-25)19-23(13-12-21(2)29-30)22-10-6-4-7-11-22/h4,6-7,10-11,14-15,20-21,23,29-30H,3,5,8-9,12-13,16-19H2,1-2H3/t21-,23?/m0/s1. The second-order valence-electron chi connectivity index (χ2n) is 9.32. The third-order valence-electron chi connectivity index (χ3n) is 7.11. The molecule has 164 valence electrons. The van der Waals surface area contributed by atoms with Crippen molar-refractivity contribution in [2.75, 3.05) is 0 Å². The van der Waals surface area contributed by atoms with E-state index in [0.29, 0.717) is 12.0 Å². The largest absolute Gasteiger partial charge is 0.264 e. The monoisotopic (exact) mass is 427 g/mol. The van der Waals surface area contributed by atoms with Crippen LogP contribution in [0.15, 0.2) is 48.5 Å². The molecular weight excluding hydrogens is 389 g/mol. The van der Waals surface area contributed by atoms with Crippen LogP contribution in [-0.4, -0.2) is 6.04 Å². The third kappa shape index (κ3) is 5.88. The van der Waals surface area contributed by atoms with Crippen molar-refractivity contribution in [3.05, 3.63) is 71.0 Å². The molecule has 1 aliphatic carbocycles. The minimum absolute atomic E-state index is 0.0187. The molecule has 3 heteroatoms. The normalized spacial score (nSPS) is 18.1. The van der Waals surface area contributed by atoms with Crippen LogP contribution in [0.4, 0.5) is 4.39 Å². The quantitative estimate of drug-likeness (QED) is 0.369. The van der Waals surface area contributed by atoms with E-state index in [0.717, 1.165) is 31.2 Å². The van der Waals surface area contributed by atoms with E-state index in [-0.39, 0.29) is 11.2 Å². The number of hydrogen-bond acceptors (Lipinski definition) is 2. The molecule has 0 heterocycles. The van der Waals surface area contributed by atoms with Crippen molar-refractivity contribution in [3.63, 3.8) is 0 Å². The molecule has 1 unspecified atom stereocenters. The lowest BCUT2D eigenvalue weighted by atomic mass is 9.67. The zero-order valence-electron chi connectivity index (χ0n) is 18.7. The van der Waals surface area contributed by atoms with Gasteiger partial charge in [0.1, 0.15) is 5.82 Å². The van der Waals surface area contributed by atoms with Gasteiger partial charge in [-0.25, -0.2) is 4.39 Å².